The van der Waals surface area contributed by atoms with Crippen LogP contribution in [0.25, 0.3) is 0 Å². The summed E-state index contributed by atoms with van der Waals surface area (Å²) in [4.78, 5) is 30.8. The number of nitrogens with one attached hydrogen (secondary N) is 1. The molecule has 1 atom stereocenters. The molecule has 8 heteroatoms. The predicted molar refractivity (Wildman–Crippen MR) is 96.4 cm³/mol. The largest absolute Gasteiger partial charge is 0.327 e. The Bertz CT molecular complexity index is 691. The number of thiazole rings is 1. The molecule has 2 amide bonds. The number of nitrogens with zero attached hydrogens (tertiary/aromatic N) is 2. The number of halogens is 1. The number of hydrogen-bond acceptors (Lipinski definition) is 5. The second-order valence-electron chi connectivity index (χ2n) is 5.38. The van der Waals surface area contributed by atoms with Crippen LogP contribution in [-0.2, 0) is 11.3 Å². The molecule has 1 saturated heterocycles. The highest BCUT2D eigenvalue weighted by atomic mass is 35.5. The summed E-state index contributed by atoms with van der Waals surface area (Å²) in [6.45, 7) is 1.03. The van der Waals surface area contributed by atoms with Crippen LogP contribution in [-0.4, -0.2) is 34.3 Å². The second kappa shape index (κ2) is 8.23. The van der Waals surface area contributed by atoms with Crippen LogP contribution in [0.5, 0.6) is 0 Å². The number of benzene rings is 1. The molecule has 0 radical (unpaired) electrons. The molecule has 0 bridgehead atoms. The number of carbonyl (C=O) groups is 2. The summed E-state index contributed by atoms with van der Waals surface area (Å²) in [5.41, 5.74) is 7.12. The lowest BCUT2D eigenvalue weighted by Crippen LogP contribution is -2.43. The lowest BCUT2D eigenvalue weighted by Gasteiger charge is -2.23. The fourth-order valence-electron chi connectivity index (χ4n) is 2.71. The molecule has 3 N–H and O–H groups in total. The molecule has 1 aromatic heterocycles. The van der Waals surface area contributed by atoms with E-state index in [0.29, 0.717) is 30.2 Å². The first-order valence-electron chi connectivity index (χ1n) is 7.49. The van der Waals surface area contributed by atoms with Crippen molar-refractivity contribution in [1.82, 2.24) is 9.88 Å². The van der Waals surface area contributed by atoms with Crippen molar-refractivity contribution in [3.8, 4) is 0 Å². The normalized spacial score (nSPS) is 16.5. The van der Waals surface area contributed by atoms with Crippen LogP contribution in [0.3, 0.4) is 0 Å². The monoisotopic (exact) mass is 366 g/mol. The number of aromatic nitrogens is 1. The Kier molecular flexibility index (Phi) is 6.30. The van der Waals surface area contributed by atoms with Gasteiger partial charge in [0, 0.05) is 30.2 Å². The number of carbonyl (C=O) groups excluding carboxylic acids is 2. The summed E-state index contributed by atoms with van der Waals surface area (Å²) in [7, 11) is 0. The molecule has 6 nitrogen and oxygen atoms in total. The highest BCUT2D eigenvalue weighted by Gasteiger charge is 2.34. The molecule has 128 valence electrons. The van der Waals surface area contributed by atoms with E-state index >= 15 is 0 Å². The van der Waals surface area contributed by atoms with E-state index in [1.165, 1.54) is 11.3 Å². The van der Waals surface area contributed by atoms with E-state index < -0.39 is 6.04 Å². The summed E-state index contributed by atoms with van der Waals surface area (Å²) in [6.07, 6.45) is 3.13. The number of amides is 2. The van der Waals surface area contributed by atoms with E-state index in [9.17, 15) is 9.59 Å². The van der Waals surface area contributed by atoms with Crippen LogP contribution in [0.15, 0.2) is 35.8 Å². The first-order chi connectivity index (χ1) is 11.2. The average molecular weight is 367 g/mol. The molecule has 1 aliphatic rings. The molecule has 2 aromatic rings. The van der Waals surface area contributed by atoms with Crippen LogP contribution in [0.2, 0.25) is 0 Å². The van der Waals surface area contributed by atoms with Crippen molar-refractivity contribution in [1.29, 1.82) is 0 Å². The quantitative estimate of drug-likeness (QED) is 0.868. The first-order valence-corrected chi connectivity index (χ1v) is 8.37. The Labute approximate surface area is 150 Å². The summed E-state index contributed by atoms with van der Waals surface area (Å²) in [6, 6.07) is 6.76. The fourth-order valence-corrected chi connectivity index (χ4v) is 3.24. The van der Waals surface area contributed by atoms with E-state index in [0.717, 1.165) is 12.0 Å². The van der Waals surface area contributed by atoms with Gasteiger partial charge < -0.3 is 16.0 Å². The van der Waals surface area contributed by atoms with Gasteiger partial charge in [-0.15, -0.1) is 23.7 Å². The fraction of sp³-hybridized carbons (Fsp3) is 0.312. The molecule has 0 saturated carbocycles. The van der Waals surface area contributed by atoms with E-state index in [-0.39, 0.29) is 24.2 Å². The zero-order valence-electron chi connectivity index (χ0n) is 13.0. The molecular formula is C16H19ClN4O2S. The number of likely N-dealkylation sites (tertiary alicyclic amines) is 1. The van der Waals surface area contributed by atoms with Gasteiger partial charge in [0.15, 0.2) is 5.13 Å². The molecule has 1 unspecified atom stereocenters. The lowest BCUT2D eigenvalue weighted by molar-refractivity contribution is -0.119. The number of nitrogens with two attached hydrogens (primary N) is 1. The maximum Gasteiger partial charge on any atom is 0.254 e. The predicted octanol–water partition coefficient (Wildman–Crippen LogP) is 2.27. The van der Waals surface area contributed by atoms with Crippen LogP contribution < -0.4 is 11.1 Å². The van der Waals surface area contributed by atoms with Crippen molar-refractivity contribution in [2.75, 3.05) is 11.9 Å². The van der Waals surface area contributed by atoms with Gasteiger partial charge in [-0.2, -0.15) is 0 Å². The van der Waals surface area contributed by atoms with E-state index in [1.807, 2.05) is 12.1 Å². The maximum absolute atomic E-state index is 12.7. The Morgan fingerprint density at radius 2 is 2.08 bits per heavy atom. The van der Waals surface area contributed by atoms with Crippen LogP contribution in [0.4, 0.5) is 5.13 Å². The van der Waals surface area contributed by atoms with Gasteiger partial charge in [-0.25, -0.2) is 4.98 Å². The highest BCUT2D eigenvalue weighted by molar-refractivity contribution is 7.13. The third kappa shape index (κ3) is 3.92. The van der Waals surface area contributed by atoms with Gasteiger partial charge in [-0.3, -0.25) is 9.59 Å². The standard InChI is InChI=1S/C16H18N4O2S.ClH/c17-10-11-3-5-12(6-4-11)15(22)20-8-1-2-13(20)14(21)19-16-18-7-9-23-16;/h3-7,9,13H,1-2,8,10,17H2,(H,18,19,21);1H. The van der Waals surface area contributed by atoms with Gasteiger partial charge >= 0.3 is 0 Å². The van der Waals surface area contributed by atoms with Crippen molar-refractivity contribution < 1.29 is 9.59 Å². The molecule has 1 fully saturated rings. The van der Waals surface area contributed by atoms with Gasteiger partial charge in [0.2, 0.25) is 5.91 Å². The Hall–Kier alpha value is -1.96. The summed E-state index contributed by atoms with van der Waals surface area (Å²) in [5, 5.41) is 5.13. The summed E-state index contributed by atoms with van der Waals surface area (Å²) in [5.74, 6) is -0.297. The third-order valence-electron chi connectivity index (χ3n) is 3.92. The van der Waals surface area contributed by atoms with Crippen LogP contribution in [0.1, 0.15) is 28.8 Å². The number of hydrogen-bond donors (Lipinski definition) is 2. The minimum absolute atomic E-state index is 0. The smallest absolute Gasteiger partial charge is 0.254 e. The Balaban J connectivity index is 0.00000208. The van der Waals surface area contributed by atoms with Gasteiger partial charge in [-0.05, 0) is 30.5 Å². The summed E-state index contributed by atoms with van der Waals surface area (Å²) >= 11 is 1.36. The van der Waals surface area contributed by atoms with Gasteiger partial charge in [0.1, 0.15) is 6.04 Å². The molecule has 1 aromatic carbocycles. The molecule has 0 spiro atoms. The summed E-state index contributed by atoms with van der Waals surface area (Å²) < 4.78 is 0. The van der Waals surface area contributed by atoms with Crippen molar-refractivity contribution in [2.24, 2.45) is 5.73 Å². The van der Waals surface area contributed by atoms with Crippen molar-refractivity contribution >= 4 is 40.7 Å². The van der Waals surface area contributed by atoms with E-state index in [4.69, 9.17) is 5.73 Å². The topological polar surface area (TPSA) is 88.3 Å². The molecule has 0 aliphatic carbocycles. The third-order valence-corrected chi connectivity index (χ3v) is 4.60. The van der Waals surface area contributed by atoms with Crippen molar-refractivity contribution in [3.05, 3.63) is 47.0 Å². The molecule has 2 heterocycles. The van der Waals surface area contributed by atoms with Crippen molar-refractivity contribution in [3.63, 3.8) is 0 Å². The minimum Gasteiger partial charge on any atom is -0.327 e. The first kappa shape index (κ1) is 18.4. The minimum atomic E-state index is -0.444. The molecule has 3 rings (SSSR count). The highest BCUT2D eigenvalue weighted by Crippen LogP contribution is 2.22. The van der Waals surface area contributed by atoms with Gasteiger partial charge in [0.25, 0.3) is 5.91 Å². The average Bonchev–Trinajstić information content (AvgIpc) is 3.25. The zero-order valence-corrected chi connectivity index (χ0v) is 14.6. The lowest BCUT2D eigenvalue weighted by atomic mass is 10.1. The maximum atomic E-state index is 12.7. The van der Waals surface area contributed by atoms with Gasteiger partial charge in [-0.1, -0.05) is 12.1 Å². The van der Waals surface area contributed by atoms with Gasteiger partial charge in [0.05, 0.1) is 0 Å². The zero-order chi connectivity index (χ0) is 16.2. The Morgan fingerprint density at radius 3 is 2.71 bits per heavy atom. The molecule has 1 aliphatic heterocycles. The van der Waals surface area contributed by atoms with E-state index in [1.54, 1.807) is 28.6 Å². The van der Waals surface area contributed by atoms with Crippen LogP contribution >= 0.6 is 23.7 Å². The SMILES string of the molecule is Cl.NCc1ccc(C(=O)N2CCCC2C(=O)Nc2nccs2)cc1. The van der Waals surface area contributed by atoms with E-state index in [2.05, 4.69) is 10.3 Å². The number of rotatable bonds is 4. The Morgan fingerprint density at radius 1 is 1.33 bits per heavy atom. The molecule has 24 heavy (non-hydrogen) atoms. The van der Waals surface area contributed by atoms with Crippen molar-refractivity contribution in [2.45, 2.75) is 25.4 Å². The number of anilines is 1. The molecular weight excluding hydrogens is 348 g/mol. The second-order valence-corrected chi connectivity index (χ2v) is 6.28. The van der Waals surface area contributed by atoms with Crippen LogP contribution in [0, 0.1) is 0 Å².